The average molecular weight is 412 g/mol. The van der Waals surface area contributed by atoms with Gasteiger partial charge in [0, 0.05) is 31.7 Å². The van der Waals surface area contributed by atoms with Gasteiger partial charge in [-0.05, 0) is 45.9 Å². The monoisotopic (exact) mass is 412 g/mol. The Labute approximate surface area is 169 Å². The summed E-state index contributed by atoms with van der Waals surface area (Å²) in [6.07, 6.45) is 0.684. The predicted octanol–water partition coefficient (Wildman–Crippen LogP) is 4.16. The van der Waals surface area contributed by atoms with Crippen LogP contribution < -0.4 is 4.74 Å². The Kier molecular flexibility index (Phi) is 7.06. The van der Waals surface area contributed by atoms with E-state index in [9.17, 15) is 18.0 Å². The van der Waals surface area contributed by atoms with Crippen LogP contribution in [0.5, 0.6) is 5.75 Å². The fraction of sp³-hybridized carbons (Fsp3) is 0.571. The van der Waals surface area contributed by atoms with Crippen molar-refractivity contribution in [3.63, 3.8) is 0 Å². The number of terminal acetylenes is 1. The van der Waals surface area contributed by atoms with Crippen LogP contribution >= 0.6 is 0 Å². The van der Waals surface area contributed by atoms with E-state index in [-0.39, 0.29) is 6.54 Å². The van der Waals surface area contributed by atoms with Crippen LogP contribution in [0.2, 0.25) is 0 Å². The smallest absolute Gasteiger partial charge is 0.416 e. The molecule has 1 aliphatic rings. The molecule has 29 heavy (non-hydrogen) atoms. The highest BCUT2D eigenvalue weighted by Crippen LogP contribution is 2.33. The molecular weight excluding hydrogens is 385 g/mol. The van der Waals surface area contributed by atoms with Gasteiger partial charge in [-0.3, -0.25) is 9.80 Å². The van der Waals surface area contributed by atoms with Crippen molar-refractivity contribution >= 4 is 6.09 Å². The molecule has 1 aromatic carbocycles. The number of carbonyl (C=O) groups excluding carboxylic acids is 1. The van der Waals surface area contributed by atoms with Gasteiger partial charge in [-0.1, -0.05) is 5.92 Å². The Morgan fingerprint density at radius 3 is 2.52 bits per heavy atom. The zero-order chi connectivity index (χ0) is 21.8. The zero-order valence-electron chi connectivity index (χ0n) is 17.2. The first kappa shape index (κ1) is 22.9. The number of amides is 1. The summed E-state index contributed by atoms with van der Waals surface area (Å²) in [5.41, 5.74) is -0.933. The lowest BCUT2D eigenvalue weighted by atomic mass is 10.1. The normalized spacial score (nSPS) is 18.3. The van der Waals surface area contributed by atoms with Crippen LogP contribution in [0, 0.1) is 12.3 Å². The quantitative estimate of drug-likeness (QED) is 0.697. The van der Waals surface area contributed by atoms with E-state index >= 15 is 0 Å². The standard InChI is InChI=1S/C21H27F3N2O3/c1-6-17-14-25(10-11-26(17)19(27)29-20(3,4)5)13-15-12-16(21(22,23)24)8-9-18(15)28-7-2/h1,8-9,12,17H,7,10-11,13-14H2,2-5H3/t17-/m1/s1. The van der Waals surface area contributed by atoms with Gasteiger partial charge in [0.25, 0.3) is 0 Å². The van der Waals surface area contributed by atoms with Crippen molar-refractivity contribution in [1.82, 2.24) is 9.80 Å². The van der Waals surface area contributed by atoms with E-state index < -0.39 is 29.5 Å². The molecular formula is C21H27F3N2O3. The Balaban J connectivity index is 2.16. The third-order valence-electron chi connectivity index (χ3n) is 4.37. The molecule has 0 radical (unpaired) electrons. The number of hydrogen-bond acceptors (Lipinski definition) is 4. The van der Waals surface area contributed by atoms with Crippen molar-refractivity contribution in [3.8, 4) is 18.1 Å². The van der Waals surface area contributed by atoms with Crippen LogP contribution in [0.4, 0.5) is 18.0 Å². The number of benzene rings is 1. The van der Waals surface area contributed by atoms with Crippen LogP contribution in [0.3, 0.4) is 0 Å². The highest BCUT2D eigenvalue weighted by atomic mass is 19.4. The third kappa shape index (κ3) is 6.29. The molecule has 2 rings (SSSR count). The summed E-state index contributed by atoms with van der Waals surface area (Å²) in [7, 11) is 0. The van der Waals surface area contributed by atoms with Gasteiger partial charge in [0.05, 0.1) is 12.2 Å². The molecule has 5 nitrogen and oxygen atoms in total. The molecule has 0 N–H and O–H groups in total. The number of nitrogens with zero attached hydrogens (tertiary/aromatic N) is 2. The highest BCUT2D eigenvalue weighted by molar-refractivity contribution is 5.69. The molecule has 0 aliphatic carbocycles. The van der Waals surface area contributed by atoms with Gasteiger partial charge in [0.2, 0.25) is 0 Å². The minimum Gasteiger partial charge on any atom is -0.494 e. The maximum atomic E-state index is 13.1. The van der Waals surface area contributed by atoms with Crippen molar-refractivity contribution in [2.45, 2.75) is 52.1 Å². The molecule has 1 heterocycles. The van der Waals surface area contributed by atoms with E-state index in [0.717, 1.165) is 12.1 Å². The Hall–Kier alpha value is -2.40. The summed E-state index contributed by atoms with van der Waals surface area (Å²) in [5.74, 6) is 2.99. The fourth-order valence-electron chi connectivity index (χ4n) is 3.08. The Morgan fingerprint density at radius 1 is 1.28 bits per heavy atom. The molecule has 1 fully saturated rings. The van der Waals surface area contributed by atoms with Gasteiger partial charge in [-0.15, -0.1) is 6.42 Å². The average Bonchev–Trinajstić information content (AvgIpc) is 2.60. The van der Waals surface area contributed by atoms with E-state index in [1.807, 2.05) is 4.90 Å². The number of hydrogen-bond donors (Lipinski definition) is 0. The Bertz CT molecular complexity index is 766. The minimum absolute atomic E-state index is 0.236. The molecule has 0 unspecified atom stereocenters. The Morgan fingerprint density at radius 2 is 1.97 bits per heavy atom. The van der Waals surface area contributed by atoms with Crippen LogP contribution in [0.1, 0.15) is 38.8 Å². The van der Waals surface area contributed by atoms with Gasteiger partial charge in [0.1, 0.15) is 17.4 Å². The SMILES string of the molecule is C#C[C@@H]1CN(Cc2cc(C(F)(F)F)ccc2OCC)CCN1C(=O)OC(C)(C)C. The summed E-state index contributed by atoms with van der Waals surface area (Å²) in [5, 5.41) is 0. The fourth-order valence-corrected chi connectivity index (χ4v) is 3.08. The summed E-state index contributed by atoms with van der Waals surface area (Å²) in [6, 6.07) is 2.94. The number of alkyl halides is 3. The maximum Gasteiger partial charge on any atom is 0.416 e. The van der Waals surface area contributed by atoms with Crippen molar-refractivity contribution in [2.75, 3.05) is 26.2 Å². The summed E-state index contributed by atoms with van der Waals surface area (Å²) >= 11 is 0. The molecule has 1 saturated heterocycles. The molecule has 0 bridgehead atoms. The van der Waals surface area contributed by atoms with E-state index in [1.165, 1.54) is 11.0 Å². The molecule has 0 aromatic heterocycles. The molecule has 1 atom stereocenters. The van der Waals surface area contributed by atoms with Crippen LogP contribution in [0.25, 0.3) is 0 Å². The molecule has 1 aromatic rings. The van der Waals surface area contributed by atoms with Crippen molar-refractivity contribution in [2.24, 2.45) is 0 Å². The number of rotatable bonds is 4. The molecule has 0 spiro atoms. The lowest BCUT2D eigenvalue weighted by Gasteiger charge is -2.39. The van der Waals surface area contributed by atoms with E-state index in [0.29, 0.717) is 37.6 Å². The molecule has 0 saturated carbocycles. The molecule has 160 valence electrons. The molecule has 1 aliphatic heterocycles. The first-order valence-electron chi connectivity index (χ1n) is 9.45. The predicted molar refractivity (Wildman–Crippen MR) is 103 cm³/mol. The van der Waals surface area contributed by atoms with Gasteiger partial charge < -0.3 is 9.47 Å². The van der Waals surface area contributed by atoms with Crippen LogP contribution in [-0.2, 0) is 17.5 Å². The lowest BCUT2D eigenvalue weighted by molar-refractivity contribution is -0.137. The van der Waals surface area contributed by atoms with Crippen molar-refractivity contribution in [1.29, 1.82) is 0 Å². The van der Waals surface area contributed by atoms with Gasteiger partial charge >= 0.3 is 12.3 Å². The van der Waals surface area contributed by atoms with Crippen LogP contribution in [0.15, 0.2) is 18.2 Å². The minimum atomic E-state index is -4.43. The molecule has 1 amide bonds. The van der Waals surface area contributed by atoms with Crippen molar-refractivity contribution in [3.05, 3.63) is 29.3 Å². The summed E-state index contributed by atoms with van der Waals surface area (Å²) < 4.78 is 50.2. The van der Waals surface area contributed by atoms with Gasteiger partial charge in [-0.2, -0.15) is 13.2 Å². The topological polar surface area (TPSA) is 42.0 Å². The van der Waals surface area contributed by atoms with E-state index in [1.54, 1.807) is 27.7 Å². The van der Waals surface area contributed by atoms with Gasteiger partial charge in [0.15, 0.2) is 0 Å². The highest BCUT2D eigenvalue weighted by Gasteiger charge is 2.34. The van der Waals surface area contributed by atoms with Crippen LogP contribution in [-0.4, -0.2) is 53.8 Å². The first-order valence-corrected chi connectivity index (χ1v) is 9.45. The third-order valence-corrected chi connectivity index (χ3v) is 4.37. The maximum absolute atomic E-state index is 13.1. The van der Waals surface area contributed by atoms with E-state index in [4.69, 9.17) is 15.9 Å². The lowest BCUT2D eigenvalue weighted by Crippen LogP contribution is -2.55. The number of piperazine rings is 1. The number of ether oxygens (including phenoxy) is 2. The largest absolute Gasteiger partial charge is 0.494 e. The van der Waals surface area contributed by atoms with Gasteiger partial charge in [-0.25, -0.2) is 4.79 Å². The second-order valence-corrected chi connectivity index (χ2v) is 7.84. The summed E-state index contributed by atoms with van der Waals surface area (Å²) in [4.78, 5) is 15.8. The van der Waals surface area contributed by atoms with Crippen molar-refractivity contribution < 1.29 is 27.4 Å². The molecule has 8 heteroatoms. The van der Waals surface area contributed by atoms with E-state index in [2.05, 4.69) is 5.92 Å². The number of carbonyl (C=O) groups is 1. The zero-order valence-corrected chi connectivity index (χ0v) is 17.2. The second kappa shape index (κ2) is 8.95. The second-order valence-electron chi connectivity index (χ2n) is 7.84. The summed E-state index contributed by atoms with van der Waals surface area (Å²) in [6.45, 7) is 8.79. The first-order chi connectivity index (χ1) is 13.4. The number of halogens is 3.